The van der Waals surface area contributed by atoms with Gasteiger partial charge in [0.05, 0.1) is 13.3 Å². The van der Waals surface area contributed by atoms with E-state index in [1.807, 2.05) is 42.5 Å². The summed E-state index contributed by atoms with van der Waals surface area (Å²) in [5, 5.41) is 15.9. The van der Waals surface area contributed by atoms with Gasteiger partial charge < -0.3 is 5.11 Å². The monoisotopic (exact) mass is 225 g/mol. The number of hydrazone groups is 1. The van der Waals surface area contributed by atoms with Crippen LogP contribution in [0.15, 0.2) is 59.7 Å². The Labute approximate surface area is 101 Å². The van der Waals surface area contributed by atoms with Crippen LogP contribution >= 0.6 is 0 Å². The van der Waals surface area contributed by atoms with E-state index in [4.69, 9.17) is 1.37 Å². The summed E-state index contributed by atoms with van der Waals surface area (Å²) in [6, 6.07) is 16.4. The van der Waals surface area contributed by atoms with Gasteiger partial charge in [0, 0.05) is 11.1 Å². The van der Waals surface area contributed by atoms with Gasteiger partial charge in [-0.3, -0.25) is 0 Å². The summed E-state index contributed by atoms with van der Waals surface area (Å²) in [6.07, 6.45) is -0.224. The van der Waals surface area contributed by atoms with Gasteiger partial charge in [-0.05, 0) is 12.1 Å². The number of nitrogens with zero attached hydrogens (tertiary/aromatic N) is 2. The van der Waals surface area contributed by atoms with Crippen LogP contribution in [0.1, 0.15) is 18.7 Å². The fraction of sp³-hybridized carbons (Fsp3) is 0.0714. The molecule has 1 atom stereocenters. The highest BCUT2D eigenvalue weighted by molar-refractivity contribution is 5.84. The average Bonchev–Trinajstić information content (AvgIpc) is 2.40. The van der Waals surface area contributed by atoms with Gasteiger partial charge in [0.2, 0.25) is 0 Å². The van der Waals surface area contributed by atoms with E-state index >= 15 is 0 Å². The number of hydrogen-bond donors (Lipinski definition) is 1. The number of para-hydroxylation sites is 1. The number of rotatable bonds is 1. The van der Waals surface area contributed by atoms with Crippen molar-refractivity contribution in [2.24, 2.45) is 5.10 Å². The molecular weight excluding hydrogens is 212 g/mol. The minimum atomic E-state index is -1.88. The van der Waals surface area contributed by atoms with Crippen LogP contribution in [0.3, 0.4) is 0 Å². The van der Waals surface area contributed by atoms with Crippen molar-refractivity contribution in [3.05, 3.63) is 65.7 Å². The normalized spacial score (nSPS) is 23.1. The van der Waals surface area contributed by atoms with Crippen LogP contribution in [0.4, 0.5) is 5.69 Å². The molecule has 0 bridgehead atoms. The van der Waals surface area contributed by atoms with Crippen molar-refractivity contribution in [3.63, 3.8) is 0 Å². The molecule has 1 heterocycles. The van der Waals surface area contributed by atoms with Crippen LogP contribution in [-0.2, 0) is 0 Å². The van der Waals surface area contributed by atoms with E-state index in [0.717, 1.165) is 5.56 Å². The predicted molar refractivity (Wildman–Crippen MR) is 67.9 cm³/mol. The Hall–Kier alpha value is -2.13. The Morgan fingerprint density at radius 1 is 1.06 bits per heavy atom. The fourth-order valence-corrected chi connectivity index (χ4v) is 1.86. The molecule has 0 saturated heterocycles. The fourth-order valence-electron chi connectivity index (χ4n) is 1.86. The summed E-state index contributed by atoms with van der Waals surface area (Å²) >= 11 is 0. The van der Waals surface area contributed by atoms with Crippen molar-refractivity contribution in [1.29, 1.82) is 0 Å². The van der Waals surface area contributed by atoms with E-state index < -0.39 is 6.20 Å². The molecule has 3 nitrogen and oxygen atoms in total. The number of fused-ring (bicyclic) bond motifs is 1. The first-order valence-corrected chi connectivity index (χ1v) is 5.41. The van der Waals surface area contributed by atoms with Crippen LogP contribution in [0.25, 0.3) is 0 Å². The second-order valence-electron chi connectivity index (χ2n) is 3.80. The van der Waals surface area contributed by atoms with Gasteiger partial charge in [-0.1, -0.05) is 42.5 Å². The molecular formula is C14H12N2O. The van der Waals surface area contributed by atoms with E-state index in [0.29, 0.717) is 11.3 Å². The molecule has 0 fully saturated rings. The van der Waals surface area contributed by atoms with Gasteiger partial charge in [-0.2, -0.15) is 5.10 Å². The smallest absolute Gasteiger partial charge is 0.174 e. The topological polar surface area (TPSA) is 35.8 Å². The van der Waals surface area contributed by atoms with Gasteiger partial charge in [0.1, 0.15) is 0 Å². The first kappa shape index (κ1) is 8.96. The maximum atomic E-state index is 10.4. The van der Waals surface area contributed by atoms with Crippen molar-refractivity contribution < 1.29 is 6.48 Å². The lowest BCUT2D eigenvalue weighted by Crippen LogP contribution is -2.27. The molecule has 0 radical (unpaired) electrons. The van der Waals surface area contributed by atoms with E-state index in [1.165, 1.54) is 5.01 Å². The average molecular weight is 225 g/mol. The summed E-state index contributed by atoms with van der Waals surface area (Å²) in [4.78, 5) is 0. The lowest BCUT2D eigenvalue weighted by atomic mass is 10.1. The van der Waals surface area contributed by atoms with E-state index in [9.17, 15) is 5.11 Å². The largest absolute Gasteiger partial charge is 0.368 e. The molecule has 0 aromatic heterocycles. The lowest BCUT2D eigenvalue weighted by Gasteiger charge is -2.29. The third-order valence-electron chi connectivity index (χ3n) is 2.72. The van der Waals surface area contributed by atoms with Crippen LogP contribution in [-0.4, -0.2) is 11.3 Å². The maximum Gasteiger partial charge on any atom is 0.174 e. The van der Waals surface area contributed by atoms with Gasteiger partial charge >= 0.3 is 0 Å². The molecule has 0 amide bonds. The predicted octanol–water partition coefficient (Wildman–Crippen LogP) is 2.53. The van der Waals surface area contributed by atoms with Gasteiger partial charge in [0.15, 0.2) is 6.20 Å². The lowest BCUT2D eigenvalue weighted by molar-refractivity contribution is 0.171. The Bertz CT molecular complexity index is 596. The molecule has 2 aromatic carbocycles. The molecule has 1 N–H and O–H groups in total. The number of anilines is 1. The molecule has 3 rings (SSSR count). The number of aliphatic hydroxyl groups is 1. The van der Waals surface area contributed by atoms with Gasteiger partial charge in [0.25, 0.3) is 0 Å². The molecule has 2 aromatic rings. The summed E-state index contributed by atoms with van der Waals surface area (Å²) in [6.45, 7) is 0. The first-order chi connectivity index (χ1) is 8.69. The van der Waals surface area contributed by atoms with E-state index in [-0.39, 0.29) is 0 Å². The second kappa shape index (κ2) is 4.03. The molecule has 0 aliphatic carbocycles. The molecule has 0 saturated carbocycles. The highest BCUT2D eigenvalue weighted by atomic mass is 16.3. The Kier molecular flexibility index (Phi) is 2.12. The number of hydrogen-bond acceptors (Lipinski definition) is 3. The van der Waals surface area contributed by atoms with Crippen LogP contribution in [0, 0.1) is 0 Å². The molecule has 1 aliphatic rings. The van der Waals surface area contributed by atoms with Crippen molar-refractivity contribution in [2.75, 3.05) is 5.01 Å². The van der Waals surface area contributed by atoms with E-state index in [2.05, 4.69) is 5.10 Å². The Balaban J connectivity index is 2.12. The Morgan fingerprint density at radius 3 is 2.59 bits per heavy atom. The molecule has 3 heteroatoms. The molecule has 84 valence electrons. The SMILES string of the molecule is [2H]C1(O)c2ccccc2C=NN1c1ccccc1. The first-order valence-electron chi connectivity index (χ1n) is 5.91. The van der Waals surface area contributed by atoms with Gasteiger partial charge in [-0.25, -0.2) is 5.01 Å². The minimum absolute atomic E-state index is 0.531. The summed E-state index contributed by atoms with van der Waals surface area (Å²) in [7, 11) is 0. The standard InChI is InChI=1S/C14H12N2O/c17-14-13-9-5-4-6-11(13)10-15-16(14)12-7-2-1-3-8-12/h1-10,14,17H/i14D. The molecule has 1 unspecified atom stereocenters. The molecule has 1 aliphatic heterocycles. The third-order valence-corrected chi connectivity index (χ3v) is 2.72. The van der Waals surface area contributed by atoms with E-state index in [1.54, 1.807) is 18.3 Å². The summed E-state index contributed by atoms with van der Waals surface area (Å²) in [5.74, 6) is 0. The molecule has 17 heavy (non-hydrogen) atoms. The zero-order chi connectivity index (χ0) is 12.6. The van der Waals surface area contributed by atoms with Crippen molar-refractivity contribution in [2.45, 2.75) is 6.20 Å². The zero-order valence-electron chi connectivity index (χ0n) is 10.1. The van der Waals surface area contributed by atoms with Crippen LogP contribution in [0.2, 0.25) is 0 Å². The summed E-state index contributed by atoms with van der Waals surface area (Å²) in [5.41, 5.74) is 1.98. The highest BCUT2D eigenvalue weighted by Crippen LogP contribution is 2.29. The minimum Gasteiger partial charge on any atom is -0.368 e. The van der Waals surface area contributed by atoms with Crippen molar-refractivity contribution in [3.8, 4) is 0 Å². The quantitative estimate of drug-likeness (QED) is 0.809. The maximum absolute atomic E-state index is 10.4. The highest BCUT2D eigenvalue weighted by Gasteiger charge is 2.22. The van der Waals surface area contributed by atoms with Crippen LogP contribution in [0.5, 0.6) is 0 Å². The summed E-state index contributed by atoms with van der Waals surface area (Å²) < 4.78 is 8.17. The van der Waals surface area contributed by atoms with Crippen molar-refractivity contribution in [1.82, 2.24) is 0 Å². The molecule has 0 spiro atoms. The Morgan fingerprint density at radius 2 is 1.76 bits per heavy atom. The van der Waals surface area contributed by atoms with Gasteiger partial charge in [-0.15, -0.1) is 0 Å². The van der Waals surface area contributed by atoms with Crippen molar-refractivity contribution >= 4 is 11.9 Å². The second-order valence-corrected chi connectivity index (χ2v) is 3.80. The zero-order valence-corrected chi connectivity index (χ0v) is 9.12. The van der Waals surface area contributed by atoms with Crippen LogP contribution < -0.4 is 5.01 Å². The third kappa shape index (κ3) is 1.70. The number of benzene rings is 2.